The van der Waals surface area contributed by atoms with E-state index in [9.17, 15) is 14.9 Å². The van der Waals surface area contributed by atoms with Gasteiger partial charge < -0.3 is 5.11 Å². The molecule has 16 heavy (non-hydrogen) atoms. The topological polar surface area (TPSA) is 93.3 Å². The van der Waals surface area contributed by atoms with Crippen molar-refractivity contribution in [1.82, 2.24) is 4.98 Å². The number of hydrogen-bond acceptors (Lipinski definition) is 4. The second-order valence-electron chi connectivity index (χ2n) is 3.45. The van der Waals surface area contributed by atoms with E-state index in [4.69, 9.17) is 16.7 Å². The van der Waals surface area contributed by atoms with E-state index in [1.54, 1.807) is 13.8 Å². The Morgan fingerprint density at radius 2 is 2.19 bits per heavy atom. The van der Waals surface area contributed by atoms with Crippen LogP contribution in [0.15, 0.2) is 6.07 Å². The van der Waals surface area contributed by atoms with Crippen LogP contribution in [-0.2, 0) is 0 Å². The van der Waals surface area contributed by atoms with Crippen molar-refractivity contribution < 1.29 is 14.8 Å². The van der Waals surface area contributed by atoms with E-state index in [2.05, 4.69) is 4.98 Å². The van der Waals surface area contributed by atoms with E-state index in [1.807, 2.05) is 0 Å². The van der Waals surface area contributed by atoms with Gasteiger partial charge in [-0.15, -0.1) is 0 Å². The van der Waals surface area contributed by atoms with Gasteiger partial charge in [0, 0.05) is 12.0 Å². The number of aromatic nitrogens is 1. The first-order valence-electron chi connectivity index (χ1n) is 4.42. The number of nitrogens with zero attached hydrogens (tertiary/aromatic N) is 2. The molecule has 0 saturated heterocycles. The van der Waals surface area contributed by atoms with Crippen molar-refractivity contribution in [3.63, 3.8) is 0 Å². The molecule has 0 unspecified atom stereocenters. The Hall–Kier alpha value is -1.69. The molecule has 1 aromatic rings. The number of carboxylic acid groups (broad SMARTS) is 1. The summed E-state index contributed by atoms with van der Waals surface area (Å²) in [5.74, 6) is -1.54. The third-order valence-corrected chi connectivity index (χ3v) is 2.25. The van der Waals surface area contributed by atoms with E-state index in [0.29, 0.717) is 0 Å². The monoisotopic (exact) mass is 244 g/mol. The van der Waals surface area contributed by atoms with Crippen LogP contribution in [0.1, 0.15) is 35.8 Å². The van der Waals surface area contributed by atoms with Gasteiger partial charge in [0.05, 0.1) is 4.92 Å². The molecule has 0 aliphatic heterocycles. The maximum atomic E-state index is 10.7. The molecule has 1 heterocycles. The van der Waals surface area contributed by atoms with Gasteiger partial charge in [-0.2, -0.15) is 0 Å². The Morgan fingerprint density at radius 1 is 1.62 bits per heavy atom. The van der Waals surface area contributed by atoms with Gasteiger partial charge in [-0.1, -0.05) is 25.4 Å². The van der Waals surface area contributed by atoms with Crippen molar-refractivity contribution in [2.24, 2.45) is 0 Å². The molecule has 86 valence electrons. The Labute approximate surface area is 96.0 Å². The zero-order chi connectivity index (χ0) is 12.5. The third kappa shape index (κ3) is 2.27. The highest BCUT2D eigenvalue weighted by Gasteiger charge is 2.23. The predicted octanol–water partition coefficient (Wildman–Crippen LogP) is 2.46. The number of aromatic carboxylic acids is 1. The third-order valence-electron chi connectivity index (χ3n) is 1.96. The standard InChI is InChI=1S/C9H9ClN2O4/c1-4(2)7-6(12(15)16)3-5(9(13)14)8(10)11-7/h3-4H,1-2H3,(H,13,14). The molecule has 1 rings (SSSR count). The lowest BCUT2D eigenvalue weighted by Gasteiger charge is -2.07. The number of hydrogen-bond donors (Lipinski definition) is 1. The van der Waals surface area contributed by atoms with Gasteiger partial charge in [0.25, 0.3) is 5.69 Å². The van der Waals surface area contributed by atoms with E-state index in [-0.39, 0.29) is 28.0 Å². The normalized spacial score (nSPS) is 10.5. The minimum Gasteiger partial charge on any atom is -0.478 e. The molecule has 0 fully saturated rings. The second-order valence-corrected chi connectivity index (χ2v) is 3.81. The number of pyridine rings is 1. The molecule has 0 bridgehead atoms. The Kier molecular flexibility index (Phi) is 3.44. The molecular weight excluding hydrogens is 236 g/mol. The Balaban J connectivity index is 3.49. The number of halogens is 1. The van der Waals surface area contributed by atoms with Crippen molar-refractivity contribution in [3.05, 3.63) is 32.6 Å². The van der Waals surface area contributed by atoms with Crippen LogP contribution in [0.4, 0.5) is 5.69 Å². The summed E-state index contributed by atoms with van der Waals surface area (Å²) in [6.45, 7) is 3.43. The van der Waals surface area contributed by atoms with E-state index >= 15 is 0 Å². The van der Waals surface area contributed by atoms with Crippen LogP contribution < -0.4 is 0 Å². The minimum absolute atomic E-state index is 0.181. The van der Waals surface area contributed by atoms with Crippen molar-refractivity contribution in [2.45, 2.75) is 19.8 Å². The van der Waals surface area contributed by atoms with Crippen LogP contribution in [0.3, 0.4) is 0 Å². The SMILES string of the molecule is CC(C)c1nc(Cl)c(C(=O)O)cc1[N+](=O)[O-]. The van der Waals surface area contributed by atoms with E-state index < -0.39 is 10.9 Å². The number of nitro groups is 1. The Morgan fingerprint density at radius 3 is 2.56 bits per heavy atom. The molecule has 7 heteroatoms. The quantitative estimate of drug-likeness (QED) is 0.501. The predicted molar refractivity (Wildman–Crippen MR) is 56.9 cm³/mol. The van der Waals surface area contributed by atoms with Gasteiger partial charge in [-0.25, -0.2) is 9.78 Å². The molecular formula is C9H9ClN2O4. The van der Waals surface area contributed by atoms with Crippen LogP contribution in [-0.4, -0.2) is 21.0 Å². The highest BCUT2D eigenvalue weighted by atomic mass is 35.5. The van der Waals surface area contributed by atoms with Gasteiger partial charge in [-0.3, -0.25) is 10.1 Å². The van der Waals surface area contributed by atoms with E-state index in [1.165, 1.54) is 0 Å². The van der Waals surface area contributed by atoms with Crippen LogP contribution in [0.5, 0.6) is 0 Å². The van der Waals surface area contributed by atoms with Crippen LogP contribution in [0.25, 0.3) is 0 Å². The summed E-state index contributed by atoms with van der Waals surface area (Å²) in [7, 11) is 0. The summed E-state index contributed by atoms with van der Waals surface area (Å²) >= 11 is 5.63. The van der Waals surface area contributed by atoms with Gasteiger partial charge in [-0.05, 0) is 0 Å². The zero-order valence-corrected chi connectivity index (χ0v) is 9.35. The lowest BCUT2D eigenvalue weighted by Crippen LogP contribution is -2.06. The smallest absolute Gasteiger partial charge is 0.339 e. The molecule has 6 nitrogen and oxygen atoms in total. The zero-order valence-electron chi connectivity index (χ0n) is 8.60. The van der Waals surface area contributed by atoms with Crippen LogP contribution in [0, 0.1) is 10.1 Å². The highest BCUT2D eigenvalue weighted by molar-refractivity contribution is 6.32. The maximum Gasteiger partial charge on any atom is 0.339 e. The molecule has 0 aliphatic carbocycles. The largest absolute Gasteiger partial charge is 0.478 e. The summed E-state index contributed by atoms with van der Waals surface area (Å²) in [4.78, 5) is 24.6. The molecule has 1 N–H and O–H groups in total. The van der Waals surface area contributed by atoms with Crippen molar-refractivity contribution in [1.29, 1.82) is 0 Å². The first kappa shape index (κ1) is 12.4. The first-order valence-corrected chi connectivity index (χ1v) is 4.80. The average Bonchev–Trinajstić information content (AvgIpc) is 2.15. The van der Waals surface area contributed by atoms with Crippen molar-refractivity contribution >= 4 is 23.3 Å². The van der Waals surface area contributed by atoms with E-state index in [0.717, 1.165) is 6.07 Å². The van der Waals surface area contributed by atoms with Gasteiger partial charge in [0.2, 0.25) is 0 Å². The summed E-state index contributed by atoms with van der Waals surface area (Å²) in [6.07, 6.45) is 0. The van der Waals surface area contributed by atoms with Gasteiger partial charge in [0.1, 0.15) is 16.4 Å². The summed E-state index contributed by atoms with van der Waals surface area (Å²) in [5.41, 5.74) is -0.505. The summed E-state index contributed by atoms with van der Waals surface area (Å²) < 4.78 is 0. The minimum atomic E-state index is -1.34. The molecule has 0 amide bonds. The molecule has 0 aromatic carbocycles. The molecule has 0 atom stereocenters. The fourth-order valence-corrected chi connectivity index (χ4v) is 1.44. The fourth-order valence-electron chi connectivity index (χ4n) is 1.21. The number of rotatable bonds is 3. The average molecular weight is 245 g/mol. The highest BCUT2D eigenvalue weighted by Crippen LogP contribution is 2.28. The molecule has 0 radical (unpaired) electrons. The molecule has 0 saturated carbocycles. The number of carbonyl (C=O) groups is 1. The lowest BCUT2D eigenvalue weighted by atomic mass is 10.1. The maximum absolute atomic E-state index is 10.7. The first-order chi connectivity index (χ1) is 7.34. The molecule has 0 spiro atoms. The van der Waals surface area contributed by atoms with Crippen molar-refractivity contribution in [2.75, 3.05) is 0 Å². The van der Waals surface area contributed by atoms with Gasteiger partial charge in [0.15, 0.2) is 0 Å². The van der Waals surface area contributed by atoms with Crippen LogP contribution >= 0.6 is 11.6 Å². The molecule has 1 aromatic heterocycles. The van der Waals surface area contributed by atoms with Crippen LogP contribution in [0.2, 0.25) is 5.15 Å². The number of carboxylic acids is 1. The van der Waals surface area contributed by atoms with Gasteiger partial charge >= 0.3 is 5.97 Å². The lowest BCUT2D eigenvalue weighted by molar-refractivity contribution is -0.386. The fraction of sp³-hybridized carbons (Fsp3) is 0.333. The summed E-state index contributed by atoms with van der Waals surface area (Å²) in [5, 5.41) is 19.3. The Bertz CT molecular complexity index is 459. The summed E-state index contributed by atoms with van der Waals surface area (Å²) in [6, 6.07) is 0.938. The molecule has 0 aliphatic rings. The van der Waals surface area contributed by atoms with Crippen molar-refractivity contribution in [3.8, 4) is 0 Å². The second kappa shape index (κ2) is 4.44.